The maximum atomic E-state index is 6.16. The standard InChI is InChI=1S/C66H43NO2/c1-2-11-52(12-3-1)67-61-35-31-49(39-58(61)56-34-30-46-10-4-5-13-53(46)66(56)67)44-22-26-47(27-23-44)57(48-28-24-45(25-29-48)51-33-37-65-60(41-51)55-15-7-9-17-63(55)69-65)38-42-18-20-43(21-19-42)50-32-36-64-59(40-50)54-14-6-8-16-62(54)68-64/h1-37,39-41,57H,38H2. The van der Waals surface area contributed by atoms with E-state index in [-0.39, 0.29) is 5.92 Å². The maximum Gasteiger partial charge on any atom is 0.135 e. The Morgan fingerprint density at radius 2 is 0.783 bits per heavy atom. The first kappa shape index (κ1) is 39.3. The van der Waals surface area contributed by atoms with E-state index in [0.717, 1.165) is 56.0 Å². The zero-order valence-electron chi connectivity index (χ0n) is 37.6. The summed E-state index contributed by atoms with van der Waals surface area (Å²) in [4.78, 5) is 0. The van der Waals surface area contributed by atoms with Gasteiger partial charge in [-0.25, -0.2) is 0 Å². The van der Waals surface area contributed by atoms with Crippen molar-refractivity contribution in [1.29, 1.82) is 0 Å². The number of fused-ring (bicyclic) bond motifs is 11. The van der Waals surface area contributed by atoms with Crippen LogP contribution >= 0.6 is 0 Å². The molecule has 0 amide bonds. The zero-order valence-corrected chi connectivity index (χ0v) is 37.6. The topological polar surface area (TPSA) is 31.2 Å². The van der Waals surface area contributed by atoms with Crippen LogP contribution in [0, 0.1) is 0 Å². The number of benzene rings is 11. The molecule has 1 unspecified atom stereocenters. The molecule has 324 valence electrons. The lowest BCUT2D eigenvalue weighted by atomic mass is 9.84. The Hall–Kier alpha value is -8.92. The molecule has 11 aromatic carbocycles. The van der Waals surface area contributed by atoms with Gasteiger partial charge in [-0.1, -0.05) is 182 Å². The van der Waals surface area contributed by atoms with Crippen LogP contribution in [-0.4, -0.2) is 4.57 Å². The maximum absolute atomic E-state index is 6.16. The zero-order chi connectivity index (χ0) is 45.4. The summed E-state index contributed by atoms with van der Waals surface area (Å²) in [6.45, 7) is 0. The highest BCUT2D eigenvalue weighted by atomic mass is 16.3. The molecule has 0 N–H and O–H groups in total. The summed E-state index contributed by atoms with van der Waals surface area (Å²) in [5.41, 5.74) is 18.3. The molecule has 69 heavy (non-hydrogen) atoms. The fourth-order valence-corrected chi connectivity index (χ4v) is 10.9. The summed E-state index contributed by atoms with van der Waals surface area (Å²) in [7, 11) is 0. The number of hydrogen-bond acceptors (Lipinski definition) is 2. The molecule has 0 saturated heterocycles. The molecular weight excluding hydrogens is 839 g/mol. The average molecular weight is 882 g/mol. The van der Waals surface area contributed by atoms with E-state index < -0.39 is 0 Å². The van der Waals surface area contributed by atoms with Crippen molar-refractivity contribution in [1.82, 2.24) is 4.57 Å². The normalized spacial score (nSPS) is 12.3. The molecule has 3 heterocycles. The highest BCUT2D eigenvalue weighted by molar-refractivity contribution is 6.19. The SMILES string of the molecule is c1ccc(-n2c3ccc(-c4ccc(C(Cc5ccc(-c6ccc7oc8ccccc8c7c6)cc5)c5ccc(-c6ccc7oc8ccccc8c7c6)cc5)cc4)cc3c3ccc4ccccc4c32)cc1. The van der Waals surface area contributed by atoms with Gasteiger partial charge >= 0.3 is 0 Å². The summed E-state index contributed by atoms with van der Waals surface area (Å²) < 4.78 is 14.7. The molecule has 0 aliphatic heterocycles. The number of furan rings is 2. The third-order valence-electron chi connectivity index (χ3n) is 14.4. The molecule has 0 aliphatic carbocycles. The molecule has 0 spiro atoms. The largest absolute Gasteiger partial charge is 0.456 e. The second-order valence-corrected chi connectivity index (χ2v) is 18.4. The summed E-state index contributed by atoms with van der Waals surface area (Å²) in [6.07, 6.45) is 0.857. The van der Waals surface area contributed by atoms with Gasteiger partial charge < -0.3 is 13.4 Å². The van der Waals surface area contributed by atoms with E-state index in [1.54, 1.807) is 0 Å². The molecule has 3 nitrogen and oxygen atoms in total. The van der Waals surface area contributed by atoms with Crippen LogP contribution in [0.4, 0.5) is 0 Å². The number of aromatic nitrogens is 1. The van der Waals surface area contributed by atoms with E-state index in [1.165, 1.54) is 82.6 Å². The summed E-state index contributed by atoms with van der Waals surface area (Å²) in [5.74, 6) is 0.132. The van der Waals surface area contributed by atoms with Crippen LogP contribution in [0.1, 0.15) is 22.6 Å². The lowest BCUT2D eigenvalue weighted by molar-refractivity contribution is 0.668. The molecule has 0 fully saturated rings. The van der Waals surface area contributed by atoms with Crippen molar-refractivity contribution in [2.24, 2.45) is 0 Å². The number of nitrogens with zero attached hydrogens (tertiary/aromatic N) is 1. The van der Waals surface area contributed by atoms with Gasteiger partial charge in [0.05, 0.1) is 11.0 Å². The molecular formula is C66H43NO2. The lowest BCUT2D eigenvalue weighted by Crippen LogP contribution is -2.05. The van der Waals surface area contributed by atoms with E-state index in [4.69, 9.17) is 8.83 Å². The van der Waals surface area contributed by atoms with Gasteiger partial charge in [-0.15, -0.1) is 0 Å². The number of rotatable bonds is 8. The summed E-state index contributed by atoms with van der Waals surface area (Å²) >= 11 is 0. The molecule has 14 aromatic rings. The van der Waals surface area contributed by atoms with Crippen molar-refractivity contribution < 1.29 is 8.83 Å². The Kier molecular flexibility index (Phi) is 9.03. The molecule has 0 aliphatic rings. The van der Waals surface area contributed by atoms with Gasteiger partial charge in [-0.2, -0.15) is 0 Å². The minimum atomic E-state index is 0.132. The fraction of sp³-hybridized carbons (Fsp3) is 0.0303. The molecule has 0 saturated carbocycles. The van der Waals surface area contributed by atoms with Crippen molar-refractivity contribution in [3.05, 3.63) is 259 Å². The Morgan fingerprint density at radius 3 is 1.38 bits per heavy atom. The van der Waals surface area contributed by atoms with E-state index in [0.29, 0.717) is 0 Å². The second kappa shape index (κ2) is 15.9. The van der Waals surface area contributed by atoms with Gasteiger partial charge in [0.1, 0.15) is 22.3 Å². The van der Waals surface area contributed by atoms with Crippen LogP contribution in [0.2, 0.25) is 0 Å². The van der Waals surface area contributed by atoms with Crippen molar-refractivity contribution in [3.63, 3.8) is 0 Å². The van der Waals surface area contributed by atoms with E-state index >= 15 is 0 Å². The molecule has 1 atom stereocenters. The highest BCUT2D eigenvalue weighted by Crippen LogP contribution is 2.40. The van der Waals surface area contributed by atoms with Crippen LogP contribution in [0.3, 0.4) is 0 Å². The second-order valence-electron chi connectivity index (χ2n) is 18.4. The fourth-order valence-electron chi connectivity index (χ4n) is 10.9. The minimum absolute atomic E-state index is 0.132. The molecule has 3 heteroatoms. The van der Waals surface area contributed by atoms with E-state index in [1.807, 2.05) is 24.3 Å². The third-order valence-corrected chi connectivity index (χ3v) is 14.4. The quantitative estimate of drug-likeness (QED) is 0.152. The van der Waals surface area contributed by atoms with Gasteiger partial charge in [-0.3, -0.25) is 0 Å². The molecule has 14 rings (SSSR count). The minimum Gasteiger partial charge on any atom is -0.456 e. The average Bonchev–Trinajstić information content (AvgIpc) is 4.10. The van der Waals surface area contributed by atoms with Crippen molar-refractivity contribution >= 4 is 76.5 Å². The van der Waals surface area contributed by atoms with Gasteiger partial charge in [-0.05, 0) is 123 Å². The Morgan fingerprint density at radius 1 is 0.319 bits per heavy atom. The Bertz CT molecular complexity index is 4250. The van der Waals surface area contributed by atoms with E-state index in [9.17, 15) is 0 Å². The Balaban J connectivity index is 0.827. The summed E-state index contributed by atoms with van der Waals surface area (Å²) in [6, 6.07) is 88.3. The highest BCUT2D eigenvalue weighted by Gasteiger charge is 2.19. The number of para-hydroxylation sites is 3. The van der Waals surface area contributed by atoms with Crippen molar-refractivity contribution in [3.8, 4) is 39.1 Å². The summed E-state index contributed by atoms with van der Waals surface area (Å²) in [5, 5.41) is 9.58. The van der Waals surface area contributed by atoms with Crippen molar-refractivity contribution in [2.75, 3.05) is 0 Å². The predicted molar refractivity (Wildman–Crippen MR) is 288 cm³/mol. The first-order valence-corrected chi connectivity index (χ1v) is 23.8. The lowest BCUT2D eigenvalue weighted by Gasteiger charge is -2.20. The van der Waals surface area contributed by atoms with Crippen LogP contribution < -0.4 is 0 Å². The van der Waals surface area contributed by atoms with E-state index in [2.05, 4.69) is 223 Å². The Labute approximate surface area is 398 Å². The van der Waals surface area contributed by atoms with Crippen LogP contribution in [0.15, 0.2) is 251 Å². The first-order chi connectivity index (χ1) is 34.2. The van der Waals surface area contributed by atoms with Crippen LogP contribution in [0.5, 0.6) is 0 Å². The van der Waals surface area contributed by atoms with Crippen LogP contribution in [0.25, 0.3) is 116 Å². The van der Waals surface area contributed by atoms with Gasteiger partial charge in [0.2, 0.25) is 0 Å². The number of hydrogen-bond donors (Lipinski definition) is 0. The van der Waals surface area contributed by atoms with Crippen LogP contribution in [-0.2, 0) is 6.42 Å². The predicted octanol–water partition coefficient (Wildman–Crippen LogP) is 18.1. The van der Waals surface area contributed by atoms with Gasteiger partial charge in [0.25, 0.3) is 0 Å². The molecule has 0 bridgehead atoms. The first-order valence-electron chi connectivity index (χ1n) is 23.8. The smallest absolute Gasteiger partial charge is 0.135 e. The molecule has 0 radical (unpaired) electrons. The monoisotopic (exact) mass is 881 g/mol. The van der Waals surface area contributed by atoms with Gasteiger partial charge in [0, 0.05) is 49.3 Å². The van der Waals surface area contributed by atoms with Gasteiger partial charge in [0.15, 0.2) is 0 Å². The molecule has 3 aromatic heterocycles. The third kappa shape index (κ3) is 6.65. The van der Waals surface area contributed by atoms with Crippen molar-refractivity contribution in [2.45, 2.75) is 12.3 Å².